The van der Waals surface area contributed by atoms with Crippen LogP contribution < -0.4 is 11.1 Å². The highest BCUT2D eigenvalue weighted by atomic mass is 17.0. The van der Waals surface area contributed by atoms with Crippen molar-refractivity contribution in [2.45, 2.75) is 13.8 Å². The van der Waals surface area contributed by atoms with Crippen LogP contribution in [0.2, 0.25) is 0 Å². The smallest absolute Gasteiger partial charge is 0.0681 e. The predicted molar refractivity (Wildman–Crippen MR) is 29.5 cm³/mol. The molecule has 0 saturated carbocycles. The van der Waals surface area contributed by atoms with Crippen LogP contribution in [0, 0.1) is 0 Å². The van der Waals surface area contributed by atoms with Gasteiger partial charge in [-0.1, -0.05) is 12.6 Å². The molecule has 0 amide bonds. The molecular formula is C4H12N2O2. The molecule has 50 valence electrons. The molecule has 0 aliphatic carbocycles. The van der Waals surface area contributed by atoms with Gasteiger partial charge in [0.2, 0.25) is 0 Å². The standard InChI is InChI=1S/C4H12N2O2/c1-3-5-8-6-7-4-2/h5-6H,3-4H2,1-2H3. The first-order valence-corrected chi connectivity index (χ1v) is 2.67. The Kier molecular flexibility index (Phi) is 6.70. The number of hydrogen-bond acceptors (Lipinski definition) is 4. The summed E-state index contributed by atoms with van der Waals surface area (Å²) in [5.41, 5.74) is 4.77. The lowest BCUT2D eigenvalue weighted by molar-refractivity contribution is -0.204. The van der Waals surface area contributed by atoms with E-state index in [1.807, 2.05) is 13.8 Å². The summed E-state index contributed by atoms with van der Waals surface area (Å²) in [5.74, 6) is 0. The van der Waals surface area contributed by atoms with Crippen molar-refractivity contribution in [2.75, 3.05) is 13.2 Å². The number of hydrogen-bond donors (Lipinski definition) is 2. The minimum atomic E-state index is 0.589. The van der Waals surface area contributed by atoms with Gasteiger partial charge in [0.05, 0.1) is 6.61 Å². The van der Waals surface area contributed by atoms with Crippen LogP contribution in [0.5, 0.6) is 0 Å². The van der Waals surface area contributed by atoms with Crippen molar-refractivity contribution in [1.82, 2.24) is 11.1 Å². The Labute approximate surface area is 49.0 Å². The first-order chi connectivity index (χ1) is 3.91. The highest BCUT2D eigenvalue weighted by molar-refractivity contribution is 4.08. The Morgan fingerprint density at radius 3 is 2.62 bits per heavy atom. The van der Waals surface area contributed by atoms with Gasteiger partial charge in [0.15, 0.2) is 0 Å². The molecule has 0 radical (unpaired) electrons. The molecule has 0 heterocycles. The normalized spacial score (nSPS) is 9.75. The van der Waals surface area contributed by atoms with Crippen LogP contribution in [0.1, 0.15) is 13.8 Å². The van der Waals surface area contributed by atoms with Crippen LogP contribution in [-0.2, 0) is 9.78 Å². The van der Waals surface area contributed by atoms with Gasteiger partial charge in [0.25, 0.3) is 0 Å². The maximum atomic E-state index is 4.60. The lowest BCUT2D eigenvalue weighted by Crippen LogP contribution is -2.25. The molecule has 0 aromatic carbocycles. The Bertz CT molecular complexity index is 37.0. The minimum absolute atomic E-state index is 0.589. The maximum Gasteiger partial charge on any atom is 0.0681 e. The summed E-state index contributed by atoms with van der Waals surface area (Å²) in [5, 5.41) is 0. The van der Waals surface area contributed by atoms with Gasteiger partial charge in [-0.25, -0.2) is 0 Å². The number of nitrogens with one attached hydrogen (secondary N) is 2. The molecular weight excluding hydrogens is 108 g/mol. The number of hydroxylamine groups is 1. The fourth-order valence-electron chi connectivity index (χ4n) is 0.190. The molecule has 4 heteroatoms. The van der Waals surface area contributed by atoms with E-state index in [4.69, 9.17) is 0 Å². The van der Waals surface area contributed by atoms with E-state index in [1.54, 1.807) is 0 Å². The molecule has 0 saturated heterocycles. The SMILES string of the molecule is CCNONOCC. The van der Waals surface area contributed by atoms with Crippen molar-refractivity contribution in [3.8, 4) is 0 Å². The highest BCUT2D eigenvalue weighted by Crippen LogP contribution is 1.61. The van der Waals surface area contributed by atoms with Gasteiger partial charge in [-0.05, 0) is 6.92 Å². The average molecular weight is 120 g/mol. The third-order valence-electron chi connectivity index (χ3n) is 0.461. The summed E-state index contributed by atoms with van der Waals surface area (Å²) >= 11 is 0. The van der Waals surface area contributed by atoms with E-state index in [1.165, 1.54) is 0 Å². The zero-order valence-corrected chi connectivity index (χ0v) is 5.23. The predicted octanol–water partition coefficient (Wildman–Crippen LogP) is -0.0164. The molecule has 0 atom stereocenters. The van der Waals surface area contributed by atoms with Crippen LogP contribution in [0.15, 0.2) is 0 Å². The molecule has 0 aromatic heterocycles. The Morgan fingerprint density at radius 2 is 2.12 bits per heavy atom. The van der Waals surface area contributed by atoms with Crippen molar-refractivity contribution >= 4 is 0 Å². The van der Waals surface area contributed by atoms with Crippen LogP contribution >= 0.6 is 0 Å². The molecule has 4 nitrogen and oxygen atoms in total. The molecule has 8 heavy (non-hydrogen) atoms. The molecule has 0 unspecified atom stereocenters. The van der Waals surface area contributed by atoms with Gasteiger partial charge in [-0.2, -0.15) is 10.4 Å². The number of rotatable bonds is 5. The summed E-state index contributed by atoms with van der Waals surface area (Å²) in [6.07, 6.45) is 0. The van der Waals surface area contributed by atoms with Gasteiger partial charge in [0.1, 0.15) is 0 Å². The average Bonchev–Trinajstić information content (AvgIpc) is 1.81. The first kappa shape index (κ1) is 7.84. The van der Waals surface area contributed by atoms with E-state index in [2.05, 4.69) is 20.9 Å². The van der Waals surface area contributed by atoms with Crippen LogP contribution in [0.3, 0.4) is 0 Å². The Balaban J connectivity index is 2.53. The molecule has 0 aliphatic rings. The second kappa shape index (κ2) is 6.84. The third-order valence-corrected chi connectivity index (χ3v) is 0.461. The van der Waals surface area contributed by atoms with E-state index < -0.39 is 0 Å². The minimum Gasteiger partial charge on any atom is -0.276 e. The third kappa shape index (κ3) is 5.84. The zero-order valence-electron chi connectivity index (χ0n) is 5.23. The van der Waals surface area contributed by atoms with E-state index in [0.29, 0.717) is 6.61 Å². The molecule has 0 aliphatic heterocycles. The highest BCUT2D eigenvalue weighted by Gasteiger charge is 1.77. The summed E-state index contributed by atoms with van der Waals surface area (Å²) < 4.78 is 0. The molecule has 0 spiro atoms. The van der Waals surface area contributed by atoms with Crippen molar-refractivity contribution in [1.29, 1.82) is 0 Å². The van der Waals surface area contributed by atoms with E-state index in [0.717, 1.165) is 6.54 Å². The summed E-state index contributed by atoms with van der Waals surface area (Å²) in [6, 6.07) is 0. The van der Waals surface area contributed by atoms with Gasteiger partial charge in [0, 0.05) is 6.54 Å². The van der Waals surface area contributed by atoms with Crippen molar-refractivity contribution in [2.24, 2.45) is 0 Å². The quantitative estimate of drug-likeness (QED) is 0.395. The molecule has 0 bridgehead atoms. The van der Waals surface area contributed by atoms with Crippen LogP contribution in [-0.4, -0.2) is 13.2 Å². The van der Waals surface area contributed by atoms with E-state index in [-0.39, 0.29) is 0 Å². The fourth-order valence-corrected chi connectivity index (χ4v) is 0.190. The van der Waals surface area contributed by atoms with Gasteiger partial charge in [-0.3, -0.25) is 4.84 Å². The zero-order chi connectivity index (χ0) is 6.24. The fraction of sp³-hybridized carbons (Fsp3) is 1.00. The molecule has 2 N–H and O–H groups in total. The Morgan fingerprint density at radius 1 is 1.38 bits per heavy atom. The molecule has 0 aromatic rings. The maximum absolute atomic E-state index is 4.60. The van der Waals surface area contributed by atoms with Crippen LogP contribution in [0.25, 0.3) is 0 Å². The second-order valence-corrected chi connectivity index (χ2v) is 1.12. The monoisotopic (exact) mass is 120 g/mol. The summed E-state index contributed by atoms with van der Waals surface area (Å²) in [7, 11) is 0. The lowest BCUT2D eigenvalue weighted by atomic mass is 10.8. The topological polar surface area (TPSA) is 42.5 Å². The van der Waals surface area contributed by atoms with Crippen molar-refractivity contribution < 1.29 is 9.78 Å². The van der Waals surface area contributed by atoms with Crippen molar-refractivity contribution in [3.63, 3.8) is 0 Å². The summed E-state index contributed by atoms with van der Waals surface area (Å²) in [4.78, 5) is 9.10. The second-order valence-electron chi connectivity index (χ2n) is 1.12. The van der Waals surface area contributed by atoms with Crippen LogP contribution in [0.4, 0.5) is 0 Å². The van der Waals surface area contributed by atoms with Gasteiger partial charge in [-0.15, -0.1) is 0 Å². The molecule has 0 fully saturated rings. The van der Waals surface area contributed by atoms with Gasteiger partial charge < -0.3 is 0 Å². The Hall–Kier alpha value is -0.160. The largest absolute Gasteiger partial charge is 0.276 e. The molecule has 0 rings (SSSR count). The van der Waals surface area contributed by atoms with Gasteiger partial charge >= 0.3 is 0 Å². The van der Waals surface area contributed by atoms with E-state index in [9.17, 15) is 0 Å². The van der Waals surface area contributed by atoms with Crippen molar-refractivity contribution in [3.05, 3.63) is 0 Å². The lowest BCUT2D eigenvalue weighted by Gasteiger charge is -2.01. The first-order valence-electron chi connectivity index (χ1n) is 2.67. The summed E-state index contributed by atoms with van der Waals surface area (Å²) in [6.45, 7) is 5.13. The van der Waals surface area contributed by atoms with E-state index >= 15 is 0 Å².